The summed E-state index contributed by atoms with van der Waals surface area (Å²) in [6.07, 6.45) is 1.41. The zero-order chi connectivity index (χ0) is 20.2. The largest absolute Gasteiger partial charge is 0.493 e. The Hall–Kier alpha value is -2.68. The van der Waals surface area contributed by atoms with Crippen molar-refractivity contribution in [2.45, 2.75) is 6.10 Å². The number of nitrogens with one attached hydrogen (secondary N) is 2. The van der Waals surface area contributed by atoms with Crippen LogP contribution < -0.4 is 20.1 Å². The molecule has 2 aromatic carbocycles. The third-order valence-electron chi connectivity index (χ3n) is 4.53. The summed E-state index contributed by atoms with van der Waals surface area (Å²) in [5.41, 5.74) is 1.28. The maximum absolute atomic E-state index is 13.4. The van der Waals surface area contributed by atoms with E-state index < -0.39 is 5.82 Å². The Balaban J connectivity index is 1.63. The highest BCUT2D eigenvalue weighted by atomic mass is 35.5. The van der Waals surface area contributed by atoms with E-state index in [1.807, 2.05) is 6.07 Å². The van der Waals surface area contributed by atoms with Crippen LogP contribution in [0.3, 0.4) is 0 Å². The van der Waals surface area contributed by atoms with Gasteiger partial charge in [-0.15, -0.1) is 0 Å². The molecule has 1 aliphatic heterocycles. The maximum Gasteiger partial charge on any atom is 0.162 e. The van der Waals surface area contributed by atoms with Crippen LogP contribution in [0.15, 0.2) is 36.7 Å². The van der Waals surface area contributed by atoms with E-state index in [2.05, 4.69) is 20.6 Å². The number of hydrogen-bond acceptors (Lipinski definition) is 7. The normalized spacial score (nSPS) is 16.6. The highest BCUT2D eigenvalue weighted by molar-refractivity contribution is 6.31. The molecule has 0 bridgehead atoms. The van der Waals surface area contributed by atoms with Crippen molar-refractivity contribution in [1.29, 1.82) is 0 Å². The third kappa shape index (κ3) is 4.50. The lowest BCUT2D eigenvalue weighted by Gasteiger charge is -2.24. The Labute approximate surface area is 172 Å². The van der Waals surface area contributed by atoms with Crippen LogP contribution in [0.1, 0.15) is 0 Å². The van der Waals surface area contributed by atoms with Gasteiger partial charge in [0, 0.05) is 30.2 Å². The first-order valence-corrected chi connectivity index (χ1v) is 9.52. The number of anilines is 2. The summed E-state index contributed by atoms with van der Waals surface area (Å²) in [4.78, 5) is 8.62. The summed E-state index contributed by atoms with van der Waals surface area (Å²) in [5.74, 6) is 1.19. The van der Waals surface area contributed by atoms with Crippen LogP contribution in [0.25, 0.3) is 10.9 Å². The Bertz CT molecular complexity index is 1010. The van der Waals surface area contributed by atoms with Crippen molar-refractivity contribution in [3.63, 3.8) is 0 Å². The van der Waals surface area contributed by atoms with Gasteiger partial charge in [0.1, 0.15) is 30.7 Å². The molecule has 1 atom stereocenters. The zero-order valence-electron chi connectivity index (χ0n) is 15.7. The molecule has 29 heavy (non-hydrogen) atoms. The number of benzene rings is 2. The number of rotatable bonds is 6. The fourth-order valence-corrected chi connectivity index (χ4v) is 3.24. The van der Waals surface area contributed by atoms with Crippen LogP contribution in [-0.2, 0) is 4.74 Å². The van der Waals surface area contributed by atoms with Gasteiger partial charge in [-0.1, -0.05) is 11.6 Å². The van der Waals surface area contributed by atoms with Crippen LogP contribution in [0, 0.1) is 5.82 Å². The van der Waals surface area contributed by atoms with Crippen LogP contribution in [0.5, 0.6) is 11.5 Å². The molecule has 0 aliphatic carbocycles. The smallest absolute Gasteiger partial charge is 0.162 e. The molecule has 1 fully saturated rings. The van der Waals surface area contributed by atoms with Gasteiger partial charge in [-0.25, -0.2) is 14.4 Å². The van der Waals surface area contributed by atoms with Gasteiger partial charge >= 0.3 is 0 Å². The molecule has 1 aromatic heterocycles. The molecular formula is C20H20ClFN4O3. The fourth-order valence-electron chi connectivity index (χ4n) is 3.06. The minimum atomic E-state index is -0.482. The summed E-state index contributed by atoms with van der Waals surface area (Å²) in [6, 6.07) is 7.99. The standard InChI is InChI=1S/C20H20ClFN4O3/c1-27-18-8-17-14(7-19(18)29-10-13-9-23-4-5-28-13)20(25-11-24-17)26-12-2-3-16(22)15(21)6-12/h2-3,6-8,11,13,23H,4-5,9-10H2,1H3,(H,24,25,26)/t13-/m1/s1. The van der Waals surface area contributed by atoms with E-state index in [1.165, 1.54) is 18.5 Å². The van der Waals surface area contributed by atoms with Crippen LogP contribution in [-0.4, -0.2) is 49.5 Å². The second kappa shape index (κ2) is 8.77. The maximum atomic E-state index is 13.4. The highest BCUT2D eigenvalue weighted by Crippen LogP contribution is 2.35. The topological polar surface area (TPSA) is 77.5 Å². The lowest BCUT2D eigenvalue weighted by molar-refractivity contribution is -0.000232. The third-order valence-corrected chi connectivity index (χ3v) is 4.82. The van der Waals surface area contributed by atoms with Gasteiger partial charge in [0.05, 0.1) is 24.3 Å². The molecule has 2 heterocycles. The predicted molar refractivity (Wildman–Crippen MR) is 109 cm³/mol. The number of halogens is 2. The molecule has 0 radical (unpaired) electrons. The molecule has 9 heteroatoms. The van der Waals surface area contributed by atoms with Crippen molar-refractivity contribution >= 4 is 34.0 Å². The van der Waals surface area contributed by atoms with Crippen molar-refractivity contribution in [3.05, 3.63) is 47.5 Å². The molecule has 152 valence electrons. The monoisotopic (exact) mass is 418 g/mol. The molecule has 2 N–H and O–H groups in total. The first kappa shape index (κ1) is 19.6. The molecule has 0 spiro atoms. The van der Waals surface area contributed by atoms with Gasteiger partial charge in [-0.05, 0) is 24.3 Å². The lowest BCUT2D eigenvalue weighted by atomic mass is 10.2. The first-order chi connectivity index (χ1) is 14.1. The molecule has 4 rings (SSSR count). The van der Waals surface area contributed by atoms with E-state index in [0.29, 0.717) is 41.7 Å². The molecule has 3 aromatic rings. The zero-order valence-corrected chi connectivity index (χ0v) is 16.5. The van der Waals surface area contributed by atoms with Gasteiger partial charge in [0.15, 0.2) is 11.5 Å². The minimum Gasteiger partial charge on any atom is -0.493 e. The van der Waals surface area contributed by atoms with Gasteiger partial charge in [-0.2, -0.15) is 0 Å². The SMILES string of the molecule is COc1cc2ncnc(Nc3ccc(F)c(Cl)c3)c2cc1OC[C@H]1CNCCO1. The summed E-state index contributed by atoms with van der Waals surface area (Å²) >= 11 is 5.88. The fraction of sp³-hybridized carbons (Fsp3) is 0.300. The Morgan fingerprint density at radius 2 is 2.17 bits per heavy atom. The molecule has 7 nitrogen and oxygen atoms in total. The van der Waals surface area contributed by atoms with Gasteiger partial charge in [0.25, 0.3) is 0 Å². The minimum absolute atomic E-state index is 0.0279. The summed E-state index contributed by atoms with van der Waals surface area (Å²) in [6.45, 7) is 2.62. The second-order valence-electron chi connectivity index (χ2n) is 6.50. The summed E-state index contributed by atoms with van der Waals surface area (Å²) < 4.78 is 30.5. The molecule has 1 aliphatic rings. The number of nitrogens with zero attached hydrogens (tertiary/aromatic N) is 2. The van der Waals surface area contributed by atoms with E-state index in [4.69, 9.17) is 25.8 Å². The number of hydrogen-bond donors (Lipinski definition) is 2. The number of ether oxygens (including phenoxy) is 3. The van der Waals surface area contributed by atoms with Gasteiger partial charge in [0.2, 0.25) is 0 Å². The molecule has 0 saturated carbocycles. The number of methoxy groups -OCH3 is 1. The van der Waals surface area contributed by atoms with Crippen LogP contribution in [0.4, 0.5) is 15.9 Å². The van der Waals surface area contributed by atoms with Crippen LogP contribution >= 0.6 is 11.6 Å². The second-order valence-corrected chi connectivity index (χ2v) is 6.91. The van der Waals surface area contributed by atoms with Gasteiger partial charge < -0.3 is 24.8 Å². The van der Waals surface area contributed by atoms with Crippen molar-refractivity contribution in [3.8, 4) is 11.5 Å². The average Bonchev–Trinajstić information content (AvgIpc) is 2.75. The quantitative estimate of drug-likeness (QED) is 0.634. The summed E-state index contributed by atoms with van der Waals surface area (Å²) in [5, 5.41) is 7.18. The van der Waals surface area contributed by atoms with Crippen molar-refractivity contribution < 1.29 is 18.6 Å². The molecule has 1 saturated heterocycles. The van der Waals surface area contributed by atoms with Crippen LogP contribution in [0.2, 0.25) is 5.02 Å². The molecular weight excluding hydrogens is 399 g/mol. The Morgan fingerprint density at radius 1 is 1.28 bits per heavy atom. The summed E-state index contributed by atoms with van der Waals surface area (Å²) in [7, 11) is 1.58. The van der Waals surface area contributed by atoms with E-state index in [0.717, 1.165) is 18.5 Å². The first-order valence-electron chi connectivity index (χ1n) is 9.14. The Morgan fingerprint density at radius 3 is 2.93 bits per heavy atom. The lowest BCUT2D eigenvalue weighted by Crippen LogP contribution is -2.41. The van der Waals surface area contributed by atoms with Crippen molar-refractivity contribution in [2.24, 2.45) is 0 Å². The average molecular weight is 419 g/mol. The van der Waals surface area contributed by atoms with Gasteiger partial charge in [-0.3, -0.25) is 0 Å². The van der Waals surface area contributed by atoms with Crippen molar-refractivity contribution in [2.75, 3.05) is 38.7 Å². The number of morpholine rings is 1. The number of aromatic nitrogens is 2. The van der Waals surface area contributed by atoms with E-state index in [-0.39, 0.29) is 11.1 Å². The molecule has 0 unspecified atom stereocenters. The van der Waals surface area contributed by atoms with E-state index in [1.54, 1.807) is 19.2 Å². The predicted octanol–water partition coefficient (Wildman–Crippen LogP) is 3.54. The number of fused-ring (bicyclic) bond motifs is 1. The molecule has 0 amide bonds. The van der Waals surface area contributed by atoms with Crippen molar-refractivity contribution in [1.82, 2.24) is 15.3 Å². The highest BCUT2D eigenvalue weighted by Gasteiger charge is 2.17. The Kier molecular flexibility index (Phi) is 5.94. The van der Waals surface area contributed by atoms with E-state index in [9.17, 15) is 4.39 Å². The van der Waals surface area contributed by atoms with E-state index >= 15 is 0 Å².